The lowest BCUT2D eigenvalue weighted by atomic mass is 9.43. The molecule has 0 spiro atoms. The summed E-state index contributed by atoms with van der Waals surface area (Å²) in [6, 6.07) is 0. The Morgan fingerprint density at radius 1 is 0.955 bits per heavy atom. The van der Waals surface area contributed by atoms with E-state index in [1.807, 2.05) is 13.8 Å². The number of fused-ring (bicyclic) bond motifs is 4. The first kappa shape index (κ1) is 35.1. The fourth-order valence-electron chi connectivity index (χ4n) is 10.5. The molecule has 4 N–H and O–H groups in total. The first-order valence-electron chi connectivity index (χ1n) is 16.8. The van der Waals surface area contributed by atoms with E-state index >= 15 is 0 Å². The molecule has 3 unspecified atom stereocenters. The molecular weight excluding hydrogens is 560 g/mol. The molecule has 0 radical (unpaired) electrons. The lowest BCUT2D eigenvalue weighted by molar-refractivity contribution is -0.174. The van der Waals surface area contributed by atoms with Crippen LogP contribution in [0.1, 0.15) is 133 Å². The molecule has 0 aromatic carbocycles. The molecule has 0 saturated heterocycles. The first-order chi connectivity index (χ1) is 20.0. The molecule has 0 aromatic heterocycles. The molecule has 4 aliphatic carbocycles. The number of ketones is 1. The molecule has 44 heavy (non-hydrogen) atoms. The quantitative estimate of drug-likeness (QED) is 0.173. The Balaban J connectivity index is 1.60. The molecule has 0 heterocycles. The maximum Gasteiger partial charge on any atom is 0.309 e. The van der Waals surface area contributed by atoms with Crippen LogP contribution in [0.2, 0.25) is 0 Å². The largest absolute Gasteiger partial charge is 0.481 e. The maximum atomic E-state index is 13.8. The van der Waals surface area contributed by atoms with Crippen LogP contribution in [0.15, 0.2) is 11.1 Å². The van der Waals surface area contributed by atoms with Gasteiger partial charge in [0, 0.05) is 11.8 Å². The van der Waals surface area contributed by atoms with Gasteiger partial charge in [-0.15, -0.1) is 0 Å². The minimum atomic E-state index is -1.76. The van der Waals surface area contributed by atoms with Gasteiger partial charge in [0.15, 0.2) is 11.9 Å². The van der Waals surface area contributed by atoms with Gasteiger partial charge >= 0.3 is 11.9 Å². The number of carboxylic acid groups (broad SMARTS) is 1. The number of carboxylic acids is 1. The van der Waals surface area contributed by atoms with Crippen LogP contribution in [-0.2, 0) is 19.1 Å². The average Bonchev–Trinajstić information content (AvgIpc) is 3.15. The summed E-state index contributed by atoms with van der Waals surface area (Å²) in [7, 11) is 0. The van der Waals surface area contributed by atoms with Crippen LogP contribution in [0.25, 0.3) is 0 Å². The number of carbonyl (C=O) groups excluding carboxylic acids is 2. The SMILES string of the molecule is C[C@H](CCC(O)C(C)(C)O)[C@H]1CC[C@@]2(C)C3=C(CC[C@]12C)[C@@]1(C)C[C@@H](OC(=O)CC(C)(O)CC(=O)O)C(=O)C(C)(C)C1CC3. The second kappa shape index (κ2) is 11.5. The number of aliphatic hydroxyl groups excluding tert-OH is 1. The number of carbonyl (C=O) groups is 3. The summed E-state index contributed by atoms with van der Waals surface area (Å²) < 4.78 is 5.80. The topological polar surface area (TPSA) is 141 Å². The summed E-state index contributed by atoms with van der Waals surface area (Å²) in [5.74, 6) is -0.992. The molecule has 0 aromatic rings. The van der Waals surface area contributed by atoms with Crippen LogP contribution >= 0.6 is 0 Å². The third-order valence-electron chi connectivity index (χ3n) is 13.2. The number of hydrogen-bond acceptors (Lipinski definition) is 7. The standard InChI is InChI=1S/C36H58O8/c1-21(10-13-27(37)32(4,5)42)22-14-16-36(9)24-11-12-26-31(2,3)30(41)25(44-29(40)20-33(6,43)19-28(38)39)18-34(26,7)23(24)15-17-35(22,36)8/h21-22,25-27,37,42-43H,10-20H2,1-9H3,(H,38,39)/t21-,22-,25-,26?,27?,33?,34-,35-,36+/m1/s1. The molecule has 9 atom stereocenters. The van der Waals surface area contributed by atoms with Crippen LogP contribution in [0, 0.1) is 39.4 Å². The Labute approximate surface area is 264 Å². The first-order valence-corrected chi connectivity index (χ1v) is 16.8. The van der Waals surface area contributed by atoms with Crippen molar-refractivity contribution in [1.29, 1.82) is 0 Å². The van der Waals surface area contributed by atoms with Crippen molar-refractivity contribution in [3.63, 3.8) is 0 Å². The Bertz CT molecular complexity index is 1190. The van der Waals surface area contributed by atoms with Crippen LogP contribution in [0.3, 0.4) is 0 Å². The van der Waals surface area contributed by atoms with E-state index < -0.39 is 53.6 Å². The van der Waals surface area contributed by atoms with Crippen molar-refractivity contribution in [1.82, 2.24) is 0 Å². The van der Waals surface area contributed by atoms with E-state index in [1.54, 1.807) is 13.8 Å². The molecule has 4 rings (SSSR count). The number of esters is 1. The number of allylic oxidation sites excluding steroid dienone is 2. The van der Waals surface area contributed by atoms with Crippen molar-refractivity contribution in [3.05, 3.63) is 11.1 Å². The summed E-state index contributed by atoms with van der Waals surface area (Å²) in [6.45, 7) is 18.1. The monoisotopic (exact) mass is 618 g/mol. The number of aliphatic hydroxyl groups is 3. The van der Waals surface area contributed by atoms with Crippen molar-refractivity contribution in [2.45, 2.75) is 156 Å². The van der Waals surface area contributed by atoms with Crippen LogP contribution in [0.5, 0.6) is 0 Å². The molecule has 8 nitrogen and oxygen atoms in total. The summed E-state index contributed by atoms with van der Waals surface area (Å²) in [5, 5.41) is 40.3. The smallest absolute Gasteiger partial charge is 0.309 e. The fourth-order valence-corrected chi connectivity index (χ4v) is 10.5. The number of ether oxygens (including phenoxy) is 1. The van der Waals surface area contributed by atoms with Gasteiger partial charge in [-0.25, -0.2) is 0 Å². The van der Waals surface area contributed by atoms with E-state index in [0.717, 1.165) is 44.9 Å². The van der Waals surface area contributed by atoms with Crippen molar-refractivity contribution in [2.24, 2.45) is 39.4 Å². The summed E-state index contributed by atoms with van der Waals surface area (Å²) in [5.41, 5.74) is -0.765. The van der Waals surface area contributed by atoms with E-state index in [0.29, 0.717) is 24.7 Å². The fraction of sp³-hybridized carbons (Fsp3) is 0.861. The second-order valence-electron chi connectivity index (χ2n) is 17.1. The highest BCUT2D eigenvalue weighted by Gasteiger charge is 2.65. The third kappa shape index (κ3) is 5.92. The molecule has 250 valence electrons. The van der Waals surface area contributed by atoms with Gasteiger partial charge in [-0.1, -0.05) is 52.7 Å². The van der Waals surface area contributed by atoms with Gasteiger partial charge in [-0.05, 0) is 106 Å². The van der Waals surface area contributed by atoms with Gasteiger partial charge in [0.1, 0.15) is 0 Å². The average molecular weight is 619 g/mol. The van der Waals surface area contributed by atoms with Gasteiger partial charge in [0.2, 0.25) is 0 Å². The number of Topliss-reactive ketones (excluding diaryl/α,β-unsaturated/α-hetero) is 1. The van der Waals surface area contributed by atoms with E-state index in [1.165, 1.54) is 18.1 Å². The van der Waals surface area contributed by atoms with Crippen molar-refractivity contribution < 1.29 is 39.5 Å². The predicted molar refractivity (Wildman–Crippen MR) is 168 cm³/mol. The van der Waals surface area contributed by atoms with E-state index in [-0.39, 0.29) is 27.9 Å². The molecule has 0 aliphatic heterocycles. The highest BCUT2D eigenvalue weighted by atomic mass is 16.5. The normalized spacial score (nSPS) is 37.7. The Hall–Kier alpha value is -1.77. The molecule has 8 heteroatoms. The van der Waals surface area contributed by atoms with Crippen LogP contribution in [-0.4, -0.2) is 61.6 Å². The lowest BCUT2D eigenvalue weighted by Crippen LogP contribution is -2.58. The van der Waals surface area contributed by atoms with Crippen LogP contribution < -0.4 is 0 Å². The third-order valence-corrected chi connectivity index (χ3v) is 13.2. The minimum Gasteiger partial charge on any atom is -0.481 e. The van der Waals surface area contributed by atoms with Crippen LogP contribution in [0.4, 0.5) is 0 Å². The van der Waals surface area contributed by atoms with E-state index in [9.17, 15) is 29.7 Å². The molecular formula is C36H58O8. The maximum absolute atomic E-state index is 13.8. The summed E-state index contributed by atoms with van der Waals surface area (Å²) >= 11 is 0. The van der Waals surface area contributed by atoms with Gasteiger partial charge in [-0.3, -0.25) is 14.4 Å². The van der Waals surface area contributed by atoms with Crippen molar-refractivity contribution in [3.8, 4) is 0 Å². The summed E-state index contributed by atoms with van der Waals surface area (Å²) in [4.78, 5) is 37.9. The molecule has 2 fully saturated rings. The Morgan fingerprint density at radius 3 is 2.18 bits per heavy atom. The Kier molecular flexibility index (Phi) is 9.16. The molecule has 0 bridgehead atoms. The highest BCUT2D eigenvalue weighted by Crippen LogP contribution is 2.72. The molecule has 2 saturated carbocycles. The summed E-state index contributed by atoms with van der Waals surface area (Å²) in [6.07, 6.45) is 5.21. The van der Waals surface area contributed by atoms with Gasteiger partial charge < -0.3 is 25.2 Å². The minimum absolute atomic E-state index is 0.0235. The Morgan fingerprint density at radius 2 is 1.59 bits per heavy atom. The van der Waals surface area contributed by atoms with E-state index in [4.69, 9.17) is 9.84 Å². The number of rotatable bonds is 10. The number of hydrogen-bond donors (Lipinski definition) is 4. The number of aliphatic carboxylic acids is 1. The second-order valence-corrected chi connectivity index (χ2v) is 17.1. The zero-order chi connectivity index (χ0) is 33.3. The zero-order valence-electron chi connectivity index (χ0n) is 28.6. The predicted octanol–water partition coefficient (Wildman–Crippen LogP) is 5.99. The van der Waals surface area contributed by atoms with Gasteiger partial charge in [0.05, 0.1) is 30.1 Å². The van der Waals surface area contributed by atoms with E-state index in [2.05, 4.69) is 27.7 Å². The highest BCUT2D eigenvalue weighted by molar-refractivity contribution is 5.92. The van der Waals surface area contributed by atoms with Crippen molar-refractivity contribution >= 4 is 17.7 Å². The van der Waals surface area contributed by atoms with Gasteiger partial charge in [0.25, 0.3) is 0 Å². The van der Waals surface area contributed by atoms with Crippen molar-refractivity contribution in [2.75, 3.05) is 0 Å². The van der Waals surface area contributed by atoms with Gasteiger partial charge in [-0.2, -0.15) is 0 Å². The molecule has 0 amide bonds. The zero-order valence-corrected chi connectivity index (χ0v) is 28.6. The molecule has 4 aliphatic rings. The lowest BCUT2D eigenvalue weighted by Gasteiger charge is -2.61.